The Morgan fingerprint density at radius 2 is 2.36 bits per heavy atom. The highest BCUT2D eigenvalue weighted by Crippen LogP contribution is 2.17. The molecule has 1 unspecified atom stereocenters. The van der Waals surface area contributed by atoms with E-state index in [1.165, 1.54) is 12.3 Å². The van der Waals surface area contributed by atoms with E-state index in [9.17, 15) is 8.78 Å². The maximum Gasteiger partial charge on any atom is 0.147 e. The Bertz CT molecular complexity index is 240. The lowest BCUT2D eigenvalue weighted by Gasteiger charge is -2.04. The van der Waals surface area contributed by atoms with Crippen LogP contribution in [-0.4, -0.2) is 11.5 Å². The van der Waals surface area contributed by atoms with E-state index in [1.54, 1.807) is 0 Å². The second kappa shape index (κ2) is 3.39. The number of aromatic nitrogens is 1. The fourth-order valence-electron chi connectivity index (χ4n) is 0.767. The quantitative estimate of drug-likeness (QED) is 0.702. The number of nitrogens with zero attached hydrogens (tertiary/aromatic N) is 1. The molecule has 0 aliphatic heterocycles. The zero-order valence-corrected chi connectivity index (χ0v) is 5.80. The molecule has 0 fully saturated rings. The number of hydrogen-bond acceptors (Lipinski definition) is 2. The molecule has 0 spiro atoms. The summed E-state index contributed by atoms with van der Waals surface area (Å²) in [5, 5.41) is 0. The van der Waals surface area contributed by atoms with Crippen LogP contribution >= 0.6 is 0 Å². The molecule has 0 aromatic carbocycles. The number of alkyl halides is 1. The predicted octanol–water partition coefficient (Wildman–Crippen LogP) is 1.19. The van der Waals surface area contributed by atoms with E-state index in [0.717, 1.165) is 6.20 Å². The van der Waals surface area contributed by atoms with Gasteiger partial charge in [0.25, 0.3) is 0 Å². The normalized spacial score (nSPS) is 13.0. The van der Waals surface area contributed by atoms with E-state index in [4.69, 9.17) is 5.73 Å². The molecule has 2 nitrogen and oxygen atoms in total. The maximum absolute atomic E-state index is 12.7. The number of hydrogen-bond donors (Lipinski definition) is 1. The first-order valence-corrected chi connectivity index (χ1v) is 3.19. The molecule has 0 aliphatic rings. The molecule has 1 atom stereocenters. The lowest BCUT2D eigenvalue weighted by molar-refractivity contribution is 0.341. The number of nitrogens with two attached hydrogens (primary N) is 1. The molecule has 0 bridgehead atoms. The van der Waals surface area contributed by atoms with Gasteiger partial charge in [-0.05, 0) is 6.07 Å². The van der Waals surface area contributed by atoms with E-state index < -0.39 is 12.0 Å². The van der Waals surface area contributed by atoms with Crippen molar-refractivity contribution in [1.82, 2.24) is 4.98 Å². The molecule has 11 heavy (non-hydrogen) atoms. The number of halogens is 2. The summed E-state index contributed by atoms with van der Waals surface area (Å²) in [5.41, 5.74) is 4.99. The summed E-state index contributed by atoms with van der Waals surface area (Å²) in [7, 11) is 0. The van der Waals surface area contributed by atoms with E-state index in [0.29, 0.717) is 0 Å². The first kappa shape index (κ1) is 8.07. The summed E-state index contributed by atoms with van der Waals surface area (Å²) in [5.74, 6) is -0.648. The molecule has 1 aromatic rings. The average Bonchev–Trinajstić information content (AvgIpc) is 2.04. The van der Waals surface area contributed by atoms with Gasteiger partial charge in [-0.15, -0.1) is 0 Å². The van der Waals surface area contributed by atoms with Crippen molar-refractivity contribution in [2.75, 3.05) is 6.54 Å². The van der Waals surface area contributed by atoms with Crippen molar-refractivity contribution >= 4 is 0 Å². The van der Waals surface area contributed by atoms with Gasteiger partial charge in [0.05, 0.1) is 6.20 Å². The molecule has 0 saturated carbocycles. The smallest absolute Gasteiger partial charge is 0.147 e. The van der Waals surface area contributed by atoms with E-state index in [1.807, 2.05) is 0 Å². The van der Waals surface area contributed by atoms with Crippen LogP contribution < -0.4 is 5.73 Å². The first-order chi connectivity index (χ1) is 5.25. The third-order valence-electron chi connectivity index (χ3n) is 1.35. The molecule has 60 valence electrons. The fourth-order valence-corrected chi connectivity index (χ4v) is 0.767. The highest BCUT2D eigenvalue weighted by molar-refractivity contribution is 5.15. The number of pyridine rings is 1. The SMILES string of the molecule is NCC(F)c1ccncc1F. The molecule has 1 aromatic heterocycles. The summed E-state index contributed by atoms with van der Waals surface area (Å²) in [6.45, 7) is -0.207. The van der Waals surface area contributed by atoms with Crippen molar-refractivity contribution in [3.8, 4) is 0 Å². The monoisotopic (exact) mass is 158 g/mol. The Morgan fingerprint density at radius 3 is 2.91 bits per heavy atom. The third kappa shape index (κ3) is 1.71. The lowest BCUT2D eigenvalue weighted by Crippen LogP contribution is -2.09. The van der Waals surface area contributed by atoms with E-state index in [2.05, 4.69) is 4.98 Å². The average molecular weight is 158 g/mol. The van der Waals surface area contributed by atoms with Crippen LogP contribution in [0.15, 0.2) is 18.5 Å². The Balaban J connectivity index is 2.93. The van der Waals surface area contributed by atoms with E-state index >= 15 is 0 Å². The zero-order chi connectivity index (χ0) is 8.27. The second-order valence-corrected chi connectivity index (χ2v) is 2.10. The van der Waals surface area contributed by atoms with Crippen LogP contribution in [0.2, 0.25) is 0 Å². The van der Waals surface area contributed by atoms with Crippen molar-refractivity contribution in [3.05, 3.63) is 29.8 Å². The lowest BCUT2D eigenvalue weighted by atomic mass is 10.1. The first-order valence-electron chi connectivity index (χ1n) is 3.19. The van der Waals surface area contributed by atoms with Gasteiger partial charge >= 0.3 is 0 Å². The molecule has 0 aliphatic carbocycles. The third-order valence-corrected chi connectivity index (χ3v) is 1.35. The standard InChI is InChI=1S/C7H8F2N2/c8-6(3-10)5-1-2-11-4-7(5)9/h1-2,4,6H,3,10H2. The molecule has 4 heteroatoms. The van der Waals surface area contributed by atoms with Gasteiger partial charge in [-0.3, -0.25) is 4.98 Å². The molecule has 2 N–H and O–H groups in total. The minimum Gasteiger partial charge on any atom is -0.327 e. The van der Waals surface area contributed by atoms with Gasteiger partial charge in [0.1, 0.15) is 12.0 Å². The number of rotatable bonds is 2. The van der Waals surface area contributed by atoms with Gasteiger partial charge in [-0.25, -0.2) is 8.78 Å². The summed E-state index contributed by atoms with van der Waals surface area (Å²) in [6, 6.07) is 1.28. The van der Waals surface area contributed by atoms with Crippen LogP contribution in [0, 0.1) is 5.82 Å². The van der Waals surface area contributed by atoms with Gasteiger partial charge in [0.15, 0.2) is 0 Å². The summed E-state index contributed by atoms with van der Waals surface area (Å²) in [4.78, 5) is 3.48. The molecule has 1 heterocycles. The van der Waals surface area contributed by atoms with Gasteiger partial charge in [-0.2, -0.15) is 0 Å². The van der Waals surface area contributed by atoms with Crippen molar-refractivity contribution in [1.29, 1.82) is 0 Å². The van der Waals surface area contributed by atoms with Gasteiger partial charge in [0.2, 0.25) is 0 Å². The molecular weight excluding hydrogens is 150 g/mol. The van der Waals surface area contributed by atoms with Crippen LogP contribution in [0.3, 0.4) is 0 Å². The summed E-state index contributed by atoms with van der Waals surface area (Å²) in [6.07, 6.45) is 0.871. The highest BCUT2D eigenvalue weighted by atomic mass is 19.1. The van der Waals surface area contributed by atoms with Crippen LogP contribution in [0.1, 0.15) is 11.7 Å². The van der Waals surface area contributed by atoms with Crippen molar-refractivity contribution in [2.45, 2.75) is 6.17 Å². The molecule has 0 amide bonds. The largest absolute Gasteiger partial charge is 0.327 e. The van der Waals surface area contributed by atoms with Gasteiger partial charge in [-0.1, -0.05) is 0 Å². The Kier molecular flexibility index (Phi) is 2.48. The Hall–Kier alpha value is -1.03. The molecular formula is C7H8F2N2. The van der Waals surface area contributed by atoms with Crippen LogP contribution in [0.5, 0.6) is 0 Å². The minimum absolute atomic E-state index is 0.0255. The van der Waals surface area contributed by atoms with Crippen molar-refractivity contribution < 1.29 is 8.78 Å². The van der Waals surface area contributed by atoms with Gasteiger partial charge < -0.3 is 5.73 Å². The molecule has 1 rings (SSSR count). The van der Waals surface area contributed by atoms with Gasteiger partial charge in [0, 0.05) is 18.3 Å². The summed E-state index contributed by atoms with van der Waals surface area (Å²) >= 11 is 0. The molecule has 0 radical (unpaired) electrons. The Labute approximate surface area is 63.1 Å². The summed E-state index contributed by atoms with van der Waals surface area (Å²) < 4.78 is 25.4. The highest BCUT2D eigenvalue weighted by Gasteiger charge is 2.11. The van der Waals surface area contributed by atoms with E-state index in [-0.39, 0.29) is 12.1 Å². The maximum atomic E-state index is 12.7. The Morgan fingerprint density at radius 1 is 1.64 bits per heavy atom. The van der Waals surface area contributed by atoms with Crippen molar-refractivity contribution in [3.63, 3.8) is 0 Å². The second-order valence-electron chi connectivity index (χ2n) is 2.10. The fraction of sp³-hybridized carbons (Fsp3) is 0.286. The van der Waals surface area contributed by atoms with Crippen molar-refractivity contribution in [2.24, 2.45) is 5.73 Å². The minimum atomic E-state index is -1.43. The topological polar surface area (TPSA) is 38.9 Å². The zero-order valence-electron chi connectivity index (χ0n) is 5.80. The molecule has 0 saturated heterocycles. The van der Waals surface area contributed by atoms with Crippen LogP contribution in [0.4, 0.5) is 8.78 Å². The predicted molar refractivity (Wildman–Crippen MR) is 37.1 cm³/mol. The van der Waals surface area contributed by atoms with Crippen LogP contribution in [0.25, 0.3) is 0 Å². The van der Waals surface area contributed by atoms with Crippen LogP contribution in [-0.2, 0) is 0 Å².